The Morgan fingerprint density at radius 3 is 2.52 bits per heavy atom. The molecular weight excluding hydrogens is 378 g/mol. The lowest BCUT2D eigenvalue weighted by Crippen LogP contribution is -2.24. The number of thiophene rings is 1. The van der Waals surface area contributed by atoms with Gasteiger partial charge >= 0.3 is 11.4 Å². The van der Waals surface area contributed by atoms with Crippen LogP contribution < -0.4 is 11.4 Å². The lowest BCUT2D eigenvalue weighted by Gasteiger charge is -2.03. The summed E-state index contributed by atoms with van der Waals surface area (Å²) in [6, 6.07) is 12.1. The quantitative estimate of drug-likeness (QED) is 0.615. The van der Waals surface area contributed by atoms with Crippen LogP contribution in [-0.2, 0) is 11.9 Å². The molecule has 0 spiro atoms. The number of hydrogen-bond donors (Lipinski definition) is 0. The number of halogens is 1. The van der Waals surface area contributed by atoms with Gasteiger partial charge in [0.1, 0.15) is 4.70 Å². The van der Waals surface area contributed by atoms with Crippen molar-refractivity contribution >= 4 is 37.5 Å². The lowest BCUT2D eigenvalue weighted by molar-refractivity contribution is 0.413. The van der Waals surface area contributed by atoms with Crippen molar-refractivity contribution in [2.75, 3.05) is 0 Å². The van der Waals surface area contributed by atoms with E-state index in [2.05, 4.69) is 39.4 Å². The van der Waals surface area contributed by atoms with Crippen LogP contribution in [0, 0.1) is 0 Å². The van der Waals surface area contributed by atoms with Gasteiger partial charge in [0.2, 0.25) is 0 Å². The highest BCUT2D eigenvalue weighted by molar-refractivity contribution is 9.08. The average Bonchev–Trinajstić information content (AvgIpc) is 3.06. The fraction of sp³-hybridized carbons (Fsp3) is 0.294. The van der Waals surface area contributed by atoms with Crippen LogP contribution in [0.4, 0.5) is 0 Å². The smallest absolute Gasteiger partial charge is 0.371 e. The number of rotatable bonds is 4. The number of hydrogen-bond acceptors (Lipinski definition) is 4. The molecule has 0 aliphatic rings. The Bertz CT molecular complexity index is 851. The van der Waals surface area contributed by atoms with Crippen LogP contribution in [0.1, 0.15) is 25.3 Å². The van der Waals surface area contributed by atoms with E-state index < -0.39 is 11.4 Å². The van der Waals surface area contributed by atoms with Gasteiger partial charge in [-0.15, -0.1) is 11.3 Å². The number of fused-ring (bicyclic) bond motifs is 1. The molecule has 0 unspecified atom stereocenters. The van der Waals surface area contributed by atoms with Gasteiger partial charge in [0, 0.05) is 11.9 Å². The first-order valence-corrected chi connectivity index (χ1v) is 9.38. The summed E-state index contributed by atoms with van der Waals surface area (Å²) in [5, 5.41) is 2.75. The molecular formula is C17H18BrNO3S. The summed E-state index contributed by atoms with van der Waals surface area (Å²) >= 11 is 4.66. The van der Waals surface area contributed by atoms with Crippen LogP contribution in [0.5, 0.6) is 0 Å². The summed E-state index contributed by atoms with van der Waals surface area (Å²) in [5.41, 5.74) is 1.49. The van der Waals surface area contributed by atoms with Gasteiger partial charge in [0.05, 0.1) is 5.52 Å². The second kappa shape index (κ2) is 8.84. The van der Waals surface area contributed by atoms with Gasteiger partial charge in [-0.3, -0.25) is 4.57 Å². The fourth-order valence-electron chi connectivity index (χ4n) is 2.04. The first-order valence-electron chi connectivity index (χ1n) is 7.38. The van der Waals surface area contributed by atoms with E-state index in [4.69, 9.17) is 0 Å². The molecule has 2 aromatic heterocycles. The second-order valence-electron chi connectivity index (χ2n) is 4.91. The monoisotopic (exact) mass is 395 g/mol. The van der Waals surface area contributed by atoms with Crippen molar-refractivity contribution in [3.63, 3.8) is 0 Å². The van der Waals surface area contributed by atoms with Gasteiger partial charge in [-0.05, 0) is 23.4 Å². The van der Waals surface area contributed by atoms with E-state index in [1.165, 1.54) is 21.5 Å². The highest BCUT2D eigenvalue weighted by Crippen LogP contribution is 2.15. The largest absolute Gasteiger partial charge is 0.422 e. The normalized spacial score (nSPS) is 10.3. The molecule has 0 atom stereocenters. The minimum atomic E-state index is -0.556. The summed E-state index contributed by atoms with van der Waals surface area (Å²) in [7, 11) is 0. The minimum absolute atomic E-state index is 0.519. The Labute approximate surface area is 146 Å². The summed E-state index contributed by atoms with van der Waals surface area (Å²) in [5.74, 6) is -0.556. The topological polar surface area (TPSA) is 52.2 Å². The Balaban J connectivity index is 0.000000203. The van der Waals surface area contributed by atoms with Crippen molar-refractivity contribution in [3.8, 4) is 0 Å². The molecule has 0 aliphatic heterocycles. The zero-order chi connectivity index (χ0) is 16.7. The van der Waals surface area contributed by atoms with E-state index in [1.54, 1.807) is 11.4 Å². The molecule has 122 valence electrons. The number of aryl methyl sites for hydroxylation is 1. The van der Waals surface area contributed by atoms with Crippen LogP contribution in [0.25, 0.3) is 10.2 Å². The Hall–Kier alpha value is -1.66. The van der Waals surface area contributed by atoms with Crippen LogP contribution in [0.2, 0.25) is 0 Å². The van der Waals surface area contributed by atoms with Gasteiger partial charge in [-0.2, -0.15) is 0 Å². The van der Waals surface area contributed by atoms with E-state index in [0.717, 1.165) is 18.2 Å². The number of aromatic nitrogens is 1. The maximum atomic E-state index is 11.5. The van der Waals surface area contributed by atoms with Gasteiger partial charge in [0.25, 0.3) is 0 Å². The predicted octanol–water partition coefficient (Wildman–Crippen LogP) is 4.40. The van der Waals surface area contributed by atoms with Gasteiger partial charge < -0.3 is 4.42 Å². The number of benzene rings is 1. The lowest BCUT2D eigenvalue weighted by atomic mass is 10.2. The van der Waals surface area contributed by atoms with E-state index in [1.807, 2.05) is 18.2 Å². The molecule has 23 heavy (non-hydrogen) atoms. The van der Waals surface area contributed by atoms with Crippen LogP contribution >= 0.6 is 27.3 Å². The van der Waals surface area contributed by atoms with Crippen LogP contribution in [-0.4, -0.2) is 4.57 Å². The number of nitrogens with zero attached hydrogens (tertiary/aromatic N) is 1. The van der Waals surface area contributed by atoms with E-state index in [0.29, 0.717) is 16.8 Å². The Morgan fingerprint density at radius 1 is 1.17 bits per heavy atom. The molecule has 0 aliphatic carbocycles. The molecule has 0 radical (unpaired) electrons. The minimum Gasteiger partial charge on any atom is -0.371 e. The third-order valence-electron chi connectivity index (χ3n) is 3.25. The maximum absolute atomic E-state index is 11.5. The molecule has 0 saturated heterocycles. The standard InChI is InChI=1S/C10H11NO3S.C7H7Br/c1-2-3-5-11-7-4-6-15-8(7)9(12)14-10(11)13;8-6-7-4-2-1-3-5-7/h4,6H,2-3,5H2,1H3;1-5H,6H2. The summed E-state index contributed by atoms with van der Waals surface area (Å²) < 4.78 is 6.68. The van der Waals surface area contributed by atoms with E-state index in [9.17, 15) is 9.59 Å². The van der Waals surface area contributed by atoms with Crippen LogP contribution in [0.15, 0.2) is 55.8 Å². The second-order valence-corrected chi connectivity index (χ2v) is 6.39. The van der Waals surface area contributed by atoms with Crippen molar-refractivity contribution < 1.29 is 4.42 Å². The first kappa shape index (κ1) is 17.7. The highest BCUT2D eigenvalue weighted by Gasteiger charge is 2.09. The first-order chi connectivity index (χ1) is 11.2. The maximum Gasteiger partial charge on any atom is 0.422 e. The third-order valence-corrected chi connectivity index (χ3v) is 4.78. The summed E-state index contributed by atoms with van der Waals surface area (Å²) in [6.45, 7) is 2.65. The molecule has 0 N–H and O–H groups in total. The third kappa shape index (κ3) is 4.65. The van der Waals surface area contributed by atoms with Gasteiger partial charge in [-0.1, -0.05) is 59.6 Å². The van der Waals surface area contributed by atoms with Gasteiger partial charge in [0.15, 0.2) is 0 Å². The predicted molar refractivity (Wildman–Crippen MR) is 98.6 cm³/mol. The SMILES string of the molecule is BrCc1ccccc1.CCCCn1c(=O)oc(=O)c2sccc21. The molecule has 3 aromatic rings. The average molecular weight is 396 g/mol. The number of unbranched alkanes of at least 4 members (excludes halogenated alkanes) is 1. The number of alkyl halides is 1. The molecule has 0 amide bonds. The summed E-state index contributed by atoms with van der Waals surface area (Å²) in [4.78, 5) is 22.8. The molecule has 0 saturated carbocycles. The van der Waals surface area contributed by atoms with E-state index >= 15 is 0 Å². The van der Waals surface area contributed by atoms with Crippen molar-refractivity contribution in [1.82, 2.24) is 4.57 Å². The Kier molecular flexibility index (Phi) is 6.80. The molecule has 3 rings (SSSR count). The van der Waals surface area contributed by atoms with E-state index in [-0.39, 0.29) is 0 Å². The van der Waals surface area contributed by atoms with Crippen LogP contribution in [0.3, 0.4) is 0 Å². The van der Waals surface area contributed by atoms with Crippen molar-refractivity contribution in [3.05, 3.63) is 68.3 Å². The van der Waals surface area contributed by atoms with Crippen molar-refractivity contribution in [1.29, 1.82) is 0 Å². The fourth-order valence-corrected chi connectivity index (χ4v) is 3.19. The van der Waals surface area contributed by atoms with Crippen molar-refractivity contribution in [2.24, 2.45) is 0 Å². The molecule has 6 heteroatoms. The highest BCUT2D eigenvalue weighted by atomic mass is 79.9. The molecule has 2 heterocycles. The summed E-state index contributed by atoms with van der Waals surface area (Å²) in [6.07, 6.45) is 1.90. The van der Waals surface area contributed by atoms with Gasteiger partial charge in [-0.25, -0.2) is 9.59 Å². The zero-order valence-corrected chi connectivity index (χ0v) is 15.2. The molecule has 4 nitrogen and oxygen atoms in total. The van der Waals surface area contributed by atoms with Crippen molar-refractivity contribution in [2.45, 2.75) is 31.6 Å². The molecule has 0 fully saturated rings. The Morgan fingerprint density at radius 2 is 1.91 bits per heavy atom. The molecule has 1 aromatic carbocycles. The molecule has 0 bridgehead atoms. The zero-order valence-electron chi connectivity index (χ0n) is 12.8.